The van der Waals surface area contributed by atoms with Crippen LogP contribution < -0.4 is 15.2 Å². The van der Waals surface area contributed by atoms with Crippen molar-refractivity contribution in [2.75, 3.05) is 26.5 Å². The van der Waals surface area contributed by atoms with E-state index < -0.39 is 0 Å². The van der Waals surface area contributed by atoms with Crippen LogP contribution in [0.25, 0.3) is 0 Å². The largest absolute Gasteiger partial charge is 0.454 e. The van der Waals surface area contributed by atoms with Crippen LogP contribution in [0.1, 0.15) is 5.56 Å². The van der Waals surface area contributed by atoms with Crippen LogP contribution in [0.15, 0.2) is 18.2 Å². The van der Waals surface area contributed by atoms with Crippen LogP contribution in [0.5, 0.6) is 11.5 Å². The lowest BCUT2D eigenvalue weighted by Gasteiger charge is -2.31. The molecule has 1 aromatic carbocycles. The average molecular weight is 264 g/mol. The fraction of sp³-hybridized carbons (Fsp3) is 0.462. The summed E-state index contributed by atoms with van der Waals surface area (Å²) in [5.74, 6) is 1.66. The molecule has 3 rings (SSSR count). The Morgan fingerprint density at radius 3 is 2.95 bits per heavy atom. The van der Waals surface area contributed by atoms with Crippen LogP contribution in [-0.2, 0) is 11.3 Å². The smallest absolute Gasteiger partial charge is 0.410 e. The van der Waals surface area contributed by atoms with Crippen molar-refractivity contribution >= 4 is 6.09 Å². The monoisotopic (exact) mass is 264 g/mol. The predicted octanol–water partition coefficient (Wildman–Crippen LogP) is 0.942. The van der Waals surface area contributed by atoms with E-state index >= 15 is 0 Å². The van der Waals surface area contributed by atoms with Gasteiger partial charge in [-0.3, -0.25) is 0 Å². The van der Waals surface area contributed by atoms with E-state index in [-0.39, 0.29) is 18.8 Å². The van der Waals surface area contributed by atoms with Gasteiger partial charge in [0, 0.05) is 25.6 Å². The number of rotatable bonds is 3. The number of hydrogen-bond donors (Lipinski definition) is 1. The fourth-order valence-corrected chi connectivity index (χ4v) is 2.25. The Bertz CT molecular complexity index is 492. The lowest BCUT2D eigenvalue weighted by molar-refractivity contribution is 0.0425. The minimum Gasteiger partial charge on any atom is -0.454 e. The maximum Gasteiger partial charge on any atom is 0.410 e. The number of nitrogens with zero attached hydrogens (tertiary/aromatic N) is 1. The van der Waals surface area contributed by atoms with Crippen LogP contribution >= 0.6 is 0 Å². The number of cyclic esters (lactones) is 1. The molecule has 2 aliphatic rings. The maximum absolute atomic E-state index is 11.7. The average Bonchev–Trinajstić information content (AvgIpc) is 2.89. The molecule has 0 bridgehead atoms. The van der Waals surface area contributed by atoms with E-state index in [1.54, 1.807) is 4.90 Å². The number of benzene rings is 1. The quantitative estimate of drug-likeness (QED) is 0.879. The molecule has 102 valence electrons. The second-order valence-corrected chi connectivity index (χ2v) is 4.75. The highest BCUT2D eigenvalue weighted by Gasteiger charge is 2.26. The van der Waals surface area contributed by atoms with E-state index in [1.807, 2.05) is 18.2 Å². The van der Waals surface area contributed by atoms with Crippen molar-refractivity contribution in [3.05, 3.63) is 23.8 Å². The summed E-state index contributed by atoms with van der Waals surface area (Å²) in [5.41, 5.74) is 6.61. The zero-order valence-electron chi connectivity index (χ0n) is 10.5. The minimum atomic E-state index is -0.289. The third-order valence-electron chi connectivity index (χ3n) is 3.32. The summed E-state index contributed by atoms with van der Waals surface area (Å²) in [7, 11) is 0. The van der Waals surface area contributed by atoms with Gasteiger partial charge in [0.25, 0.3) is 0 Å². The van der Waals surface area contributed by atoms with E-state index in [0.717, 1.165) is 17.1 Å². The zero-order chi connectivity index (χ0) is 13.2. The summed E-state index contributed by atoms with van der Waals surface area (Å²) in [6, 6.07) is 5.67. The summed E-state index contributed by atoms with van der Waals surface area (Å²) in [5, 5.41) is 0. The fourth-order valence-electron chi connectivity index (χ4n) is 2.25. The van der Waals surface area contributed by atoms with Gasteiger partial charge in [-0.2, -0.15) is 0 Å². The van der Waals surface area contributed by atoms with Gasteiger partial charge in [-0.25, -0.2) is 4.79 Å². The maximum atomic E-state index is 11.7. The molecule has 2 N–H and O–H groups in total. The van der Waals surface area contributed by atoms with Gasteiger partial charge in [-0.15, -0.1) is 0 Å². The van der Waals surface area contributed by atoms with Crippen LogP contribution in [0, 0.1) is 5.92 Å². The molecule has 0 aromatic heterocycles. The lowest BCUT2D eigenvalue weighted by Crippen LogP contribution is -2.44. The first-order chi connectivity index (χ1) is 9.26. The molecule has 1 aromatic rings. The van der Waals surface area contributed by atoms with Gasteiger partial charge in [0.05, 0.1) is 6.61 Å². The molecule has 1 atom stereocenters. The van der Waals surface area contributed by atoms with Crippen molar-refractivity contribution in [2.24, 2.45) is 11.7 Å². The van der Waals surface area contributed by atoms with E-state index in [1.165, 1.54) is 0 Å². The minimum absolute atomic E-state index is 0.201. The highest BCUT2D eigenvalue weighted by molar-refractivity contribution is 5.68. The Labute approximate surface area is 111 Å². The molecule has 2 heterocycles. The number of hydrogen-bond acceptors (Lipinski definition) is 5. The third kappa shape index (κ3) is 2.44. The highest BCUT2D eigenvalue weighted by atomic mass is 16.7. The Hall–Kier alpha value is -1.95. The molecule has 1 amide bonds. The van der Waals surface area contributed by atoms with Crippen LogP contribution in [0.4, 0.5) is 4.79 Å². The van der Waals surface area contributed by atoms with Crippen molar-refractivity contribution in [3.63, 3.8) is 0 Å². The molecule has 0 saturated carbocycles. The van der Waals surface area contributed by atoms with Gasteiger partial charge >= 0.3 is 6.09 Å². The van der Waals surface area contributed by atoms with Crippen LogP contribution in [0.3, 0.4) is 0 Å². The molecular weight excluding hydrogens is 248 g/mol. The molecule has 6 heteroatoms. The SMILES string of the molecule is NCC1COC(=O)N(Cc2ccc3c(c2)OCO3)C1. The second-order valence-electron chi connectivity index (χ2n) is 4.75. The standard InChI is InChI=1S/C13H16N2O4/c14-4-10-6-15(13(16)17-7-10)5-9-1-2-11-12(3-9)19-8-18-11/h1-3,10H,4-8,14H2. The summed E-state index contributed by atoms with van der Waals surface area (Å²) >= 11 is 0. The van der Waals surface area contributed by atoms with E-state index in [9.17, 15) is 4.79 Å². The second kappa shape index (κ2) is 4.97. The summed E-state index contributed by atoms with van der Waals surface area (Å²) in [4.78, 5) is 13.4. The Morgan fingerprint density at radius 1 is 1.26 bits per heavy atom. The third-order valence-corrected chi connectivity index (χ3v) is 3.32. The first-order valence-electron chi connectivity index (χ1n) is 6.26. The van der Waals surface area contributed by atoms with E-state index in [4.69, 9.17) is 19.9 Å². The Balaban J connectivity index is 1.71. The van der Waals surface area contributed by atoms with Gasteiger partial charge in [0.2, 0.25) is 6.79 Å². The van der Waals surface area contributed by atoms with Crippen molar-refractivity contribution in [2.45, 2.75) is 6.54 Å². The molecule has 0 spiro atoms. The molecule has 2 aliphatic heterocycles. The first kappa shape index (κ1) is 12.1. The number of nitrogens with two attached hydrogens (primary N) is 1. The number of fused-ring (bicyclic) bond motifs is 1. The lowest BCUT2D eigenvalue weighted by atomic mass is 10.1. The van der Waals surface area contributed by atoms with Crippen molar-refractivity contribution in [3.8, 4) is 11.5 Å². The zero-order valence-corrected chi connectivity index (χ0v) is 10.5. The summed E-state index contributed by atoms with van der Waals surface area (Å²) in [6.07, 6.45) is -0.289. The molecule has 0 aliphatic carbocycles. The Kier molecular flexibility index (Phi) is 3.16. The van der Waals surface area contributed by atoms with Gasteiger partial charge < -0.3 is 24.8 Å². The van der Waals surface area contributed by atoms with Gasteiger partial charge in [0.15, 0.2) is 11.5 Å². The molecule has 0 radical (unpaired) electrons. The van der Waals surface area contributed by atoms with Crippen molar-refractivity contribution < 1.29 is 19.0 Å². The van der Waals surface area contributed by atoms with Crippen LogP contribution in [-0.4, -0.2) is 37.5 Å². The Morgan fingerprint density at radius 2 is 2.11 bits per heavy atom. The molecule has 1 fully saturated rings. The molecule has 1 saturated heterocycles. The number of carbonyl (C=O) groups is 1. The highest BCUT2D eigenvalue weighted by Crippen LogP contribution is 2.33. The molecule has 19 heavy (non-hydrogen) atoms. The van der Waals surface area contributed by atoms with Crippen molar-refractivity contribution in [1.82, 2.24) is 4.90 Å². The number of ether oxygens (including phenoxy) is 3. The number of carbonyl (C=O) groups excluding carboxylic acids is 1. The number of amides is 1. The molecule has 6 nitrogen and oxygen atoms in total. The van der Waals surface area contributed by atoms with Gasteiger partial charge in [0.1, 0.15) is 0 Å². The summed E-state index contributed by atoms with van der Waals surface area (Å²) < 4.78 is 15.7. The molecular formula is C13H16N2O4. The van der Waals surface area contributed by atoms with Crippen LogP contribution in [0.2, 0.25) is 0 Å². The van der Waals surface area contributed by atoms with Gasteiger partial charge in [-0.05, 0) is 17.7 Å². The van der Waals surface area contributed by atoms with E-state index in [2.05, 4.69) is 0 Å². The predicted molar refractivity (Wildman–Crippen MR) is 66.9 cm³/mol. The summed E-state index contributed by atoms with van der Waals surface area (Å²) in [6.45, 7) is 2.30. The first-order valence-corrected chi connectivity index (χ1v) is 6.26. The molecule has 1 unspecified atom stereocenters. The van der Waals surface area contributed by atoms with E-state index in [0.29, 0.717) is 26.2 Å². The van der Waals surface area contributed by atoms with Gasteiger partial charge in [-0.1, -0.05) is 6.07 Å². The topological polar surface area (TPSA) is 74.0 Å². The normalized spacial score (nSPS) is 21.4. The van der Waals surface area contributed by atoms with Crippen molar-refractivity contribution in [1.29, 1.82) is 0 Å².